The Morgan fingerprint density at radius 3 is 2.41 bits per heavy atom. The maximum Gasteiger partial charge on any atom is 0.423 e. The van der Waals surface area contributed by atoms with Crippen LogP contribution in [-0.2, 0) is 6.18 Å². The van der Waals surface area contributed by atoms with Crippen molar-refractivity contribution < 1.29 is 22.6 Å². The van der Waals surface area contributed by atoms with Crippen LogP contribution in [-0.4, -0.2) is 29.7 Å². The van der Waals surface area contributed by atoms with E-state index in [1.54, 1.807) is 11.0 Å². The van der Waals surface area contributed by atoms with E-state index in [0.717, 1.165) is 25.5 Å². The second-order valence-corrected chi connectivity index (χ2v) is 6.44. The topological polar surface area (TPSA) is 47.5 Å². The van der Waals surface area contributed by atoms with Crippen LogP contribution in [0.5, 0.6) is 11.6 Å². The first-order valence-electron chi connectivity index (χ1n) is 9.98. The summed E-state index contributed by atoms with van der Waals surface area (Å²) in [6.45, 7) is 6.90. The van der Waals surface area contributed by atoms with Crippen LogP contribution in [0.25, 0.3) is 0 Å². The van der Waals surface area contributed by atoms with Crippen LogP contribution in [0.4, 0.5) is 24.8 Å². The van der Waals surface area contributed by atoms with Crippen LogP contribution in [0.15, 0.2) is 30.5 Å². The molecule has 0 amide bonds. The van der Waals surface area contributed by atoms with Crippen molar-refractivity contribution in [3.63, 3.8) is 0 Å². The third-order valence-electron chi connectivity index (χ3n) is 4.30. The Morgan fingerprint density at radius 1 is 1.00 bits per heavy atom. The van der Waals surface area contributed by atoms with Crippen molar-refractivity contribution in [2.24, 2.45) is 0 Å². The second-order valence-electron chi connectivity index (χ2n) is 6.44. The van der Waals surface area contributed by atoms with Crippen molar-refractivity contribution in [2.45, 2.75) is 52.6 Å². The zero-order chi connectivity index (χ0) is 21.3. The van der Waals surface area contributed by atoms with Gasteiger partial charge in [-0.25, -0.2) is 4.98 Å². The molecule has 0 N–H and O–H groups in total. The molecular formula is C21H28F3N3O2. The van der Waals surface area contributed by atoms with Gasteiger partial charge in [-0.1, -0.05) is 38.3 Å². The van der Waals surface area contributed by atoms with Crippen LogP contribution in [0, 0.1) is 0 Å². The molecule has 0 fully saturated rings. The molecule has 5 nitrogen and oxygen atoms in total. The van der Waals surface area contributed by atoms with Crippen molar-refractivity contribution in [1.29, 1.82) is 0 Å². The normalized spacial score (nSPS) is 11.4. The predicted octanol–water partition coefficient (Wildman–Crippen LogP) is 6.01. The lowest BCUT2D eigenvalue weighted by atomic mass is 10.2. The SMILES string of the molecule is CCCCCCOc1nc(N(CC)c2ccccc2OCC)ncc1C(F)(F)F. The van der Waals surface area contributed by atoms with Crippen molar-refractivity contribution in [3.05, 3.63) is 36.0 Å². The van der Waals surface area contributed by atoms with Gasteiger partial charge in [0, 0.05) is 12.7 Å². The molecule has 8 heteroatoms. The Hall–Kier alpha value is -2.51. The highest BCUT2D eigenvalue weighted by Crippen LogP contribution is 2.37. The fourth-order valence-corrected chi connectivity index (χ4v) is 2.87. The Balaban J connectivity index is 2.35. The van der Waals surface area contributed by atoms with Gasteiger partial charge in [-0.05, 0) is 32.4 Å². The molecule has 0 aliphatic carbocycles. The standard InChI is InChI=1S/C21H28F3N3O2/c1-4-7-8-11-14-29-19-16(21(22,23)24)15-25-20(26-19)27(5-2)17-12-9-10-13-18(17)28-6-3/h9-10,12-13,15H,4-8,11,14H2,1-3H3. The third kappa shape index (κ3) is 6.24. The number of anilines is 2. The first-order valence-corrected chi connectivity index (χ1v) is 9.98. The van der Waals surface area contributed by atoms with E-state index < -0.39 is 17.6 Å². The van der Waals surface area contributed by atoms with Gasteiger partial charge in [0.15, 0.2) is 0 Å². The lowest BCUT2D eigenvalue weighted by Crippen LogP contribution is -2.21. The third-order valence-corrected chi connectivity index (χ3v) is 4.30. The highest BCUT2D eigenvalue weighted by atomic mass is 19.4. The molecule has 0 spiro atoms. The Kier molecular flexibility index (Phi) is 8.54. The number of hydrogen-bond acceptors (Lipinski definition) is 5. The van der Waals surface area contributed by atoms with Crippen LogP contribution in [0.1, 0.15) is 52.0 Å². The molecule has 1 heterocycles. The van der Waals surface area contributed by atoms with E-state index in [9.17, 15) is 13.2 Å². The van der Waals surface area contributed by atoms with E-state index in [-0.39, 0.29) is 12.6 Å². The average molecular weight is 411 g/mol. The van der Waals surface area contributed by atoms with Crippen molar-refractivity contribution >= 4 is 11.6 Å². The number of ether oxygens (including phenoxy) is 2. The molecule has 160 valence electrons. The molecule has 0 saturated heterocycles. The minimum atomic E-state index is -4.59. The molecule has 1 aromatic heterocycles. The minimum Gasteiger partial charge on any atom is -0.492 e. The molecule has 0 radical (unpaired) electrons. The van der Waals surface area contributed by atoms with E-state index in [0.29, 0.717) is 31.0 Å². The van der Waals surface area contributed by atoms with Crippen LogP contribution >= 0.6 is 0 Å². The maximum atomic E-state index is 13.4. The minimum absolute atomic E-state index is 0.135. The monoisotopic (exact) mass is 411 g/mol. The zero-order valence-corrected chi connectivity index (χ0v) is 17.1. The van der Waals surface area contributed by atoms with Gasteiger partial charge in [-0.15, -0.1) is 0 Å². The number of halogens is 3. The molecule has 0 aliphatic heterocycles. The van der Waals surface area contributed by atoms with E-state index in [1.807, 2.05) is 32.0 Å². The highest BCUT2D eigenvalue weighted by molar-refractivity contribution is 5.65. The van der Waals surface area contributed by atoms with Gasteiger partial charge < -0.3 is 14.4 Å². The quantitative estimate of drug-likeness (QED) is 0.424. The summed E-state index contributed by atoms with van der Waals surface area (Å²) in [5, 5.41) is 0. The average Bonchev–Trinajstić information content (AvgIpc) is 2.69. The van der Waals surface area contributed by atoms with E-state index in [4.69, 9.17) is 9.47 Å². The van der Waals surface area contributed by atoms with Gasteiger partial charge in [0.05, 0.1) is 18.9 Å². The van der Waals surface area contributed by atoms with Gasteiger partial charge in [0.25, 0.3) is 0 Å². The summed E-state index contributed by atoms with van der Waals surface area (Å²) in [7, 11) is 0. The largest absolute Gasteiger partial charge is 0.492 e. The Labute approximate surface area is 169 Å². The van der Waals surface area contributed by atoms with Crippen molar-refractivity contribution in [1.82, 2.24) is 9.97 Å². The van der Waals surface area contributed by atoms with Crippen LogP contribution in [0.3, 0.4) is 0 Å². The first-order chi connectivity index (χ1) is 13.9. The Morgan fingerprint density at radius 2 is 1.76 bits per heavy atom. The zero-order valence-electron chi connectivity index (χ0n) is 17.1. The molecule has 0 atom stereocenters. The van der Waals surface area contributed by atoms with Gasteiger partial charge in [0.2, 0.25) is 11.8 Å². The second kappa shape index (κ2) is 10.9. The van der Waals surface area contributed by atoms with E-state index in [2.05, 4.69) is 16.9 Å². The summed E-state index contributed by atoms with van der Waals surface area (Å²) in [5.41, 5.74) is -0.281. The molecule has 0 unspecified atom stereocenters. The smallest absolute Gasteiger partial charge is 0.423 e. The fraction of sp³-hybridized carbons (Fsp3) is 0.524. The van der Waals surface area contributed by atoms with Crippen molar-refractivity contribution in [2.75, 3.05) is 24.7 Å². The summed E-state index contributed by atoms with van der Waals surface area (Å²) < 4.78 is 51.2. The summed E-state index contributed by atoms with van der Waals surface area (Å²) in [5.74, 6) is 0.310. The summed E-state index contributed by atoms with van der Waals surface area (Å²) in [6, 6.07) is 7.29. The molecule has 2 aromatic rings. The molecule has 1 aromatic carbocycles. The summed E-state index contributed by atoms with van der Waals surface area (Å²) >= 11 is 0. The number of alkyl halides is 3. The summed E-state index contributed by atoms with van der Waals surface area (Å²) in [4.78, 5) is 9.80. The molecule has 2 rings (SSSR count). The number of hydrogen-bond donors (Lipinski definition) is 0. The van der Waals surface area contributed by atoms with Gasteiger partial charge >= 0.3 is 6.18 Å². The number of nitrogens with zero attached hydrogens (tertiary/aromatic N) is 3. The Bertz CT molecular complexity index is 769. The molecule has 0 saturated carbocycles. The van der Waals surface area contributed by atoms with Crippen molar-refractivity contribution in [3.8, 4) is 11.6 Å². The lowest BCUT2D eigenvalue weighted by molar-refractivity contribution is -0.139. The van der Waals surface area contributed by atoms with E-state index in [1.165, 1.54) is 0 Å². The number of para-hydroxylation sites is 2. The highest BCUT2D eigenvalue weighted by Gasteiger charge is 2.36. The lowest BCUT2D eigenvalue weighted by Gasteiger charge is -2.24. The molecular weight excluding hydrogens is 383 g/mol. The fourth-order valence-electron chi connectivity index (χ4n) is 2.87. The molecule has 0 aliphatic rings. The van der Waals surface area contributed by atoms with Gasteiger partial charge in [0.1, 0.15) is 11.3 Å². The number of unbranched alkanes of at least 4 members (excludes halogenated alkanes) is 3. The number of benzene rings is 1. The number of aromatic nitrogens is 2. The predicted molar refractivity (Wildman–Crippen MR) is 107 cm³/mol. The van der Waals surface area contributed by atoms with Crippen LogP contribution < -0.4 is 14.4 Å². The number of rotatable bonds is 11. The van der Waals surface area contributed by atoms with Gasteiger partial charge in [-0.3, -0.25) is 0 Å². The van der Waals surface area contributed by atoms with Gasteiger partial charge in [-0.2, -0.15) is 18.2 Å². The maximum absolute atomic E-state index is 13.4. The van der Waals surface area contributed by atoms with E-state index >= 15 is 0 Å². The first kappa shape index (κ1) is 22.8. The van der Waals surface area contributed by atoms with Crippen LogP contribution in [0.2, 0.25) is 0 Å². The summed E-state index contributed by atoms with van der Waals surface area (Å²) in [6.07, 6.45) is -0.167. The molecule has 29 heavy (non-hydrogen) atoms. The molecule has 0 bridgehead atoms.